The Labute approximate surface area is 207 Å². The van der Waals surface area contributed by atoms with Crippen molar-refractivity contribution in [2.45, 2.75) is 51.9 Å². The number of rotatable bonds is 14. The Bertz CT molecular complexity index is 1140. The standard InChI is InChI=1S/C25H28F3N5O3/c1-3-35-25-29-15-19(16-30-25)18-8-7-9-20(14-18)33(22(34)12-11-17(2)26)13-6-4-5-10-21-31-24(23(27)28)32-36-21/h7-9,14-16,23H,2-6,10-13H2,1H3. The lowest BCUT2D eigenvalue weighted by Crippen LogP contribution is -2.31. The van der Waals surface area contributed by atoms with E-state index >= 15 is 0 Å². The van der Waals surface area contributed by atoms with E-state index in [-0.39, 0.29) is 30.7 Å². The van der Waals surface area contributed by atoms with Gasteiger partial charge in [-0.2, -0.15) is 4.98 Å². The number of amides is 1. The summed E-state index contributed by atoms with van der Waals surface area (Å²) in [5.74, 6) is -1.24. The van der Waals surface area contributed by atoms with Crippen molar-refractivity contribution >= 4 is 11.6 Å². The Hall–Kier alpha value is -3.76. The normalized spacial score (nSPS) is 11.0. The van der Waals surface area contributed by atoms with Gasteiger partial charge in [-0.15, -0.1) is 0 Å². The molecule has 0 radical (unpaired) electrons. The summed E-state index contributed by atoms with van der Waals surface area (Å²) in [5.41, 5.74) is 2.23. The summed E-state index contributed by atoms with van der Waals surface area (Å²) in [6, 6.07) is 7.65. The number of ether oxygens (including phenoxy) is 1. The number of hydrogen-bond acceptors (Lipinski definition) is 7. The third kappa shape index (κ3) is 7.89. The largest absolute Gasteiger partial charge is 0.464 e. The second-order valence-electron chi connectivity index (χ2n) is 7.96. The van der Waals surface area contributed by atoms with Crippen LogP contribution in [0.4, 0.5) is 18.9 Å². The molecule has 1 amide bonds. The Kier molecular flexibility index (Phi) is 9.96. The molecule has 2 aromatic heterocycles. The van der Waals surface area contributed by atoms with Crippen molar-refractivity contribution < 1.29 is 27.2 Å². The fourth-order valence-electron chi connectivity index (χ4n) is 3.48. The molecule has 36 heavy (non-hydrogen) atoms. The first-order valence-electron chi connectivity index (χ1n) is 11.7. The van der Waals surface area contributed by atoms with Crippen LogP contribution in [0.15, 0.2) is 53.6 Å². The highest BCUT2D eigenvalue weighted by atomic mass is 19.3. The number of carbonyl (C=O) groups excluding carboxylic acids is 1. The van der Waals surface area contributed by atoms with Gasteiger partial charge in [-0.3, -0.25) is 4.79 Å². The topological polar surface area (TPSA) is 94.2 Å². The minimum Gasteiger partial charge on any atom is -0.464 e. The Morgan fingerprint density at radius 3 is 2.58 bits per heavy atom. The molecule has 0 saturated carbocycles. The predicted octanol–water partition coefficient (Wildman–Crippen LogP) is 5.87. The molecule has 0 fully saturated rings. The molecule has 192 valence electrons. The zero-order valence-corrected chi connectivity index (χ0v) is 20.0. The number of benzene rings is 1. The van der Waals surface area contributed by atoms with Crippen LogP contribution in [0.5, 0.6) is 6.01 Å². The molecule has 0 bridgehead atoms. The van der Waals surface area contributed by atoms with Crippen molar-refractivity contribution in [2.75, 3.05) is 18.1 Å². The lowest BCUT2D eigenvalue weighted by molar-refractivity contribution is -0.118. The highest BCUT2D eigenvalue weighted by Crippen LogP contribution is 2.26. The lowest BCUT2D eigenvalue weighted by Gasteiger charge is -2.23. The van der Waals surface area contributed by atoms with E-state index in [2.05, 4.69) is 26.7 Å². The van der Waals surface area contributed by atoms with Gasteiger partial charge in [-0.05, 0) is 37.5 Å². The number of alkyl halides is 2. The van der Waals surface area contributed by atoms with E-state index in [9.17, 15) is 18.0 Å². The van der Waals surface area contributed by atoms with Gasteiger partial charge in [0, 0.05) is 49.5 Å². The van der Waals surface area contributed by atoms with Gasteiger partial charge >= 0.3 is 12.4 Å². The number of unbranched alkanes of at least 4 members (excludes halogenated alkanes) is 2. The Morgan fingerprint density at radius 1 is 1.14 bits per heavy atom. The molecule has 0 aliphatic heterocycles. The second kappa shape index (κ2) is 13.4. The molecule has 1 aromatic carbocycles. The number of aromatic nitrogens is 4. The zero-order valence-electron chi connectivity index (χ0n) is 20.0. The van der Waals surface area contributed by atoms with Crippen LogP contribution in [-0.4, -0.2) is 39.2 Å². The molecule has 0 aliphatic carbocycles. The maximum absolute atomic E-state index is 13.2. The second-order valence-corrected chi connectivity index (χ2v) is 7.96. The number of hydrogen-bond donors (Lipinski definition) is 0. The van der Waals surface area contributed by atoms with Crippen LogP contribution in [-0.2, 0) is 11.2 Å². The van der Waals surface area contributed by atoms with Gasteiger partial charge in [0.05, 0.1) is 12.4 Å². The van der Waals surface area contributed by atoms with Gasteiger partial charge in [0.1, 0.15) is 0 Å². The van der Waals surface area contributed by atoms with Crippen LogP contribution in [0, 0.1) is 0 Å². The fourth-order valence-corrected chi connectivity index (χ4v) is 3.48. The number of allylic oxidation sites excluding steroid dienone is 1. The van der Waals surface area contributed by atoms with Gasteiger partial charge in [0.2, 0.25) is 17.6 Å². The average molecular weight is 504 g/mol. The molecule has 0 N–H and O–H groups in total. The maximum atomic E-state index is 13.2. The van der Waals surface area contributed by atoms with E-state index in [4.69, 9.17) is 9.26 Å². The molecule has 0 saturated heterocycles. The Balaban J connectivity index is 1.66. The molecule has 3 aromatic rings. The smallest absolute Gasteiger partial charge is 0.316 e. The van der Waals surface area contributed by atoms with Crippen LogP contribution in [0.3, 0.4) is 0 Å². The first-order chi connectivity index (χ1) is 17.4. The molecule has 8 nitrogen and oxygen atoms in total. The highest BCUT2D eigenvalue weighted by molar-refractivity contribution is 5.94. The van der Waals surface area contributed by atoms with E-state index in [1.54, 1.807) is 17.3 Å². The number of aryl methyl sites for hydroxylation is 1. The molecule has 11 heteroatoms. The van der Waals surface area contributed by atoms with Crippen molar-refractivity contribution in [2.24, 2.45) is 0 Å². The van der Waals surface area contributed by atoms with Crippen LogP contribution in [0.1, 0.15) is 57.2 Å². The van der Waals surface area contributed by atoms with Crippen LogP contribution < -0.4 is 9.64 Å². The van der Waals surface area contributed by atoms with E-state index in [1.807, 2.05) is 31.2 Å². The average Bonchev–Trinajstić information content (AvgIpc) is 3.35. The molecule has 2 heterocycles. The van der Waals surface area contributed by atoms with Crippen molar-refractivity contribution in [3.05, 3.63) is 60.8 Å². The van der Waals surface area contributed by atoms with Gasteiger partial charge in [0.15, 0.2) is 0 Å². The molecular formula is C25H28F3N5O3. The first-order valence-corrected chi connectivity index (χ1v) is 11.7. The minimum atomic E-state index is -2.77. The van der Waals surface area contributed by atoms with E-state index in [0.29, 0.717) is 44.5 Å². The predicted molar refractivity (Wildman–Crippen MR) is 127 cm³/mol. The molecule has 0 aliphatic rings. The Morgan fingerprint density at radius 2 is 1.92 bits per heavy atom. The number of anilines is 1. The first kappa shape index (κ1) is 26.8. The summed E-state index contributed by atoms with van der Waals surface area (Å²) in [6.07, 6.45) is 2.77. The molecule has 3 rings (SSSR count). The summed E-state index contributed by atoms with van der Waals surface area (Å²) in [6.45, 7) is 5.94. The van der Waals surface area contributed by atoms with Crippen molar-refractivity contribution in [1.82, 2.24) is 20.1 Å². The van der Waals surface area contributed by atoms with Crippen molar-refractivity contribution in [1.29, 1.82) is 0 Å². The number of nitrogens with zero attached hydrogens (tertiary/aromatic N) is 5. The van der Waals surface area contributed by atoms with Crippen molar-refractivity contribution in [3.63, 3.8) is 0 Å². The zero-order chi connectivity index (χ0) is 25.9. The lowest BCUT2D eigenvalue weighted by atomic mass is 10.1. The maximum Gasteiger partial charge on any atom is 0.316 e. The third-order valence-corrected chi connectivity index (χ3v) is 5.26. The van der Waals surface area contributed by atoms with E-state index in [0.717, 1.165) is 11.1 Å². The SMILES string of the molecule is C=C(F)CCC(=O)N(CCCCCc1nc(C(F)F)no1)c1cccc(-c2cnc(OCC)nc2)c1. The van der Waals surface area contributed by atoms with Crippen LogP contribution in [0.2, 0.25) is 0 Å². The summed E-state index contributed by atoms with van der Waals surface area (Å²) < 4.78 is 48.5. The molecule has 0 spiro atoms. The number of halogens is 3. The summed E-state index contributed by atoms with van der Waals surface area (Å²) in [4.78, 5) is 26.6. The van der Waals surface area contributed by atoms with Gasteiger partial charge in [-0.1, -0.05) is 30.3 Å². The van der Waals surface area contributed by atoms with Gasteiger partial charge in [-0.25, -0.2) is 23.1 Å². The molecule has 0 unspecified atom stereocenters. The van der Waals surface area contributed by atoms with Gasteiger partial charge in [0.25, 0.3) is 0 Å². The molecular weight excluding hydrogens is 475 g/mol. The van der Waals surface area contributed by atoms with Gasteiger partial charge < -0.3 is 14.2 Å². The fraction of sp³-hybridized carbons (Fsp3) is 0.400. The van der Waals surface area contributed by atoms with Crippen molar-refractivity contribution in [3.8, 4) is 17.1 Å². The van der Waals surface area contributed by atoms with Crippen LogP contribution >= 0.6 is 0 Å². The summed E-state index contributed by atoms with van der Waals surface area (Å²) in [7, 11) is 0. The van der Waals surface area contributed by atoms with E-state index < -0.39 is 18.1 Å². The quantitative estimate of drug-likeness (QED) is 0.254. The van der Waals surface area contributed by atoms with E-state index in [1.165, 1.54) is 0 Å². The minimum absolute atomic E-state index is 0.00981. The monoisotopic (exact) mass is 503 g/mol. The summed E-state index contributed by atoms with van der Waals surface area (Å²) >= 11 is 0. The summed E-state index contributed by atoms with van der Waals surface area (Å²) in [5, 5.41) is 3.24. The third-order valence-electron chi connectivity index (χ3n) is 5.26. The molecule has 0 atom stereocenters. The number of carbonyl (C=O) groups is 1. The highest BCUT2D eigenvalue weighted by Gasteiger charge is 2.18. The van der Waals surface area contributed by atoms with Crippen LogP contribution in [0.25, 0.3) is 11.1 Å².